The van der Waals surface area contributed by atoms with Gasteiger partial charge in [0.05, 0.1) is 13.2 Å². The van der Waals surface area contributed by atoms with Gasteiger partial charge in [-0.2, -0.15) is 0 Å². The first kappa shape index (κ1) is 28.6. The molecule has 0 saturated heterocycles. The zero-order valence-electron chi connectivity index (χ0n) is 21.6. The van der Waals surface area contributed by atoms with Gasteiger partial charge in [-0.3, -0.25) is 14.4 Å². The van der Waals surface area contributed by atoms with Crippen molar-refractivity contribution in [3.8, 4) is 0 Å². The van der Waals surface area contributed by atoms with Crippen LogP contribution in [0.3, 0.4) is 0 Å². The summed E-state index contributed by atoms with van der Waals surface area (Å²) in [5.74, 6) is -1.79. The maximum Gasteiger partial charge on any atom is 0.407 e. The number of rotatable bonds is 11. The first-order chi connectivity index (χ1) is 17.0. The second-order valence-electron chi connectivity index (χ2n) is 9.15. The van der Waals surface area contributed by atoms with Crippen molar-refractivity contribution in [3.05, 3.63) is 71.3 Å². The van der Waals surface area contributed by atoms with Crippen LogP contribution in [0.5, 0.6) is 0 Å². The van der Waals surface area contributed by atoms with Crippen LogP contribution >= 0.6 is 0 Å². The molecule has 0 heterocycles. The van der Waals surface area contributed by atoms with E-state index >= 15 is 0 Å². The minimum absolute atomic E-state index is 0.0105. The lowest BCUT2D eigenvalue weighted by Gasteiger charge is -2.30. The van der Waals surface area contributed by atoms with E-state index in [1.54, 1.807) is 77.1 Å². The lowest BCUT2D eigenvalue weighted by atomic mass is 9.75. The number of hydrogen-bond donors (Lipinski definition) is 1. The van der Waals surface area contributed by atoms with Gasteiger partial charge >= 0.3 is 18.0 Å². The second-order valence-corrected chi connectivity index (χ2v) is 9.15. The second kappa shape index (κ2) is 12.9. The fraction of sp³-hybridized carbons (Fsp3) is 0.429. The molecule has 0 aliphatic heterocycles. The Morgan fingerprint density at radius 1 is 0.806 bits per heavy atom. The summed E-state index contributed by atoms with van der Waals surface area (Å²) in [6.07, 6.45) is -0.368. The summed E-state index contributed by atoms with van der Waals surface area (Å²) in [5.41, 5.74) is -1.37. The van der Waals surface area contributed by atoms with Crippen molar-refractivity contribution >= 4 is 23.8 Å². The van der Waals surface area contributed by atoms with Crippen LogP contribution in [0.4, 0.5) is 4.79 Å². The topological polar surface area (TPSA) is 108 Å². The SMILES string of the molecule is CCOC(=O)C(CCCNC(=O)OC(C)(C)C)(C(=O)OCC)c1cccc(C(=O)c2ccccc2)c1. The van der Waals surface area contributed by atoms with E-state index in [4.69, 9.17) is 14.2 Å². The molecular weight excluding hydrogens is 462 g/mol. The quantitative estimate of drug-likeness (QED) is 0.159. The molecule has 0 unspecified atom stereocenters. The summed E-state index contributed by atoms with van der Waals surface area (Å²) in [4.78, 5) is 51.8. The van der Waals surface area contributed by atoms with Gasteiger partial charge in [-0.1, -0.05) is 48.5 Å². The monoisotopic (exact) mass is 497 g/mol. The van der Waals surface area contributed by atoms with Gasteiger partial charge in [-0.05, 0) is 59.1 Å². The summed E-state index contributed by atoms with van der Waals surface area (Å²) in [6.45, 7) is 8.81. The number of benzene rings is 2. The molecule has 194 valence electrons. The van der Waals surface area contributed by atoms with Gasteiger partial charge in [-0.15, -0.1) is 0 Å². The fourth-order valence-corrected chi connectivity index (χ4v) is 3.72. The van der Waals surface area contributed by atoms with Crippen LogP contribution in [-0.4, -0.2) is 49.2 Å². The van der Waals surface area contributed by atoms with Crippen LogP contribution in [-0.2, 0) is 29.2 Å². The van der Waals surface area contributed by atoms with Crippen LogP contribution in [0.25, 0.3) is 0 Å². The van der Waals surface area contributed by atoms with Crippen molar-refractivity contribution in [2.45, 2.75) is 58.5 Å². The van der Waals surface area contributed by atoms with Crippen LogP contribution in [0.15, 0.2) is 54.6 Å². The van der Waals surface area contributed by atoms with Crippen molar-refractivity contribution in [2.24, 2.45) is 0 Å². The first-order valence-electron chi connectivity index (χ1n) is 12.1. The molecule has 0 bridgehead atoms. The highest BCUT2D eigenvalue weighted by molar-refractivity contribution is 6.10. The Morgan fingerprint density at radius 3 is 1.94 bits per heavy atom. The summed E-state index contributed by atoms with van der Waals surface area (Å²) in [6, 6.07) is 15.1. The van der Waals surface area contributed by atoms with Gasteiger partial charge in [0, 0.05) is 17.7 Å². The number of hydrogen-bond acceptors (Lipinski definition) is 7. The Hall–Kier alpha value is -3.68. The molecular formula is C28H35NO7. The maximum atomic E-state index is 13.3. The highest BCUT2D eigenvalue weighted by Gasteiger charge is 2.50. The third-order valence-electron chi connectivity index (χ3n) is 5.30. The smallest absolute Gasteiger partial charge is 0.407 e. The van der Waals surface area contributed by atoms with Crippen LogP contribution < -0.4 is 5.32 Å². The Kier molecular flexibility index (Phi) is 10.2. The minimum Gasteiger partial charge on any atom is -0.465 e. The molecule has 2 rings (SSSR count). The number of ether oxygens (including phenoxy) is 3. The number of amides is 1. The molecule has 8 heteroatoms. The highest BCUT2D eigenvalue weighted by atomic mass is 16.6. The van der Waals surface area contributed by atoms with E-state index in [0.29, 0.717) is 16.7 Å². The standard InChI is InChI=1S/C28H35NO7/c1-6-34-24(31)28(25(32)35-7-2,17-12-18-29-26(33)36-27(3,4)5)22-16-11-15-21(19-22)23(30)20-13-9-8-10-14-20/h8-11,13-16,19H,6-7,12,17-18H2,1-5H3,(H,29,33). The average Bonchev–Trinajstić information content (AvgIpc) is 2.83. The molecule has 1 N–H and O–H groups in total. The van der Waals surface area contributed by atoms with Gasteiger partial charge in [-0.25, -0.2) is 4.79 Å². The molecule has 0 aliphatic carbocycles. The fourth-order valence-electron chi connectivity index (χ4n) is 3.72. The van der Waals surface area contributed by atoms with E-state index in [-0.39, 0.29) is 38.4 Å². The summed E-state index contributed by atoms with van der Waals surface area (Å²) >= 11 is 0. The third-order valence-corrected chi connectivity index (χ3v) is 5.30. The molecule has 2 aromatic carbocycles. The first-order valence-corrected chi connectivity index (χ1v) is 12.1. The van der Waals surface area contributed by atoms with Gasteiger partial charge in [0.15, 0.2) is 11.2 Å². The van der Waals surface area contributed by atoms with Gasteiger partial charge in [0.2, 0.25) is 0 Å². The van der Waals surface area contributed by atoms with E-state index in [2.05, 4.69) is 5.32 Å². The predicted octanol–water partition coefficient (Wildman–Crippen LogP) is 4.59. The zero-order valence-corrected chi connectivity index (χ0v) is 21.6. The number of nitrogens with one attached hydrogen (secondary N) is 1. The lowest BCUT2D eigenvalue weighted by molar-refractivity contribution is -0.165. The number of esters is 2. The van der Waals surface area contributed by atoms with Crippen molar-refractivity contribution < 1.29 is 33.4 Å². The van der Waals surface area contributed by atoms with E-state index in [1.165, 1.54) is 6.07 Å². The average molecular weight is 498 g/mol. The van der Waals surface area contributed by atoms with E-state index in [9.17, 15) is 19.2 Å². The zero-order chi connectivity index (χ0) is 26.8. The van der Waals surface area contributed by atoms with Crippen molar-refractivity contribution in [2.75, 3.05) is 19.8 Å². The van der Waals surface area contributed by atoms with Crippen molar-refractivity contribution in [1.29, 1.82) is 0 Å². The van der Waals surface area contributed by atoms with E-state index in [1.807, 2.05) is 6.07 Å². The number of alkyl carbamates (subject to hydrolysis) is 1. The molecule has 1 amide bonds. The van der Waals surface area contributed by atoms with Crippen LogP contribution in [0, 0.1) is 0 Å². The van der Waals surface area contributed by atoms with Gasteiger partial charge < -0.3 is 19.5 Å². The largest absolute Gasteiger partial charge is 0.465 e. The molecule has 8 nitrogen and oxygen atoms in total. The maximum absolute atomic E-state index is 13.3. The lowest BCUT2D eigenvalue weighted by Crippen LogP contribution is -2.47. The molecule has 0 fully saturated rings. The van der Waals surface area contributed by atoms with Gasteiger partial charge in [0.25, 0.3) is 0 Å². The Morgan fingerprint density at radius 2 is 1.39 bits per heavy atom. The molecule has 0 radical (unpaired) electrons. The minimum atomic E-state index is -1.81. The van der Waals surface area contributed by atoms with Crippen molar-refractivity contribution in [1.82, 2.24) is 5.32 Å². The number of carbonyl (C=O) groups excluding carboxylic acids is 4. The summed E-state index contributed by atoms with van der Waals surface area (Å²) in [7, 11) is 0. The summed E-state index contributed by atoms with van der Waals surface area (Å²) < 4.78 is 15.9. The van der Waals surface area contributed by atoms with Crippen LogP contribution in [0.1, 0.15) is 68.9 Å². The molecule has 2 aromatic rings. The highest BCUT2D eigenvalue weighted by Crippen LogP contribution is 2.34. The molecule has 0 aromatic heterocycles. The number of ketones is 1. The Labute approximate surface area is 212 Å². The summed E-state index contributed by atoms with van der Waals surface area (Å²) in [5, 5.41) is 2.64. The van der Waals surface area contributed by atoms with Crippen molar-refractivity contribution in [3.63, 3.8) is 0 Å². The number of carbonyl (C=O) groups is 4. The normalized spacial score (nSPS) is 11.4. The third kappa shape index (κ3) is 7.41. The van der Waals surface area contributed by atoms with E-state index in [0.717, 1.165) is 0 Å². The molecule has 0 atom stereocenters. The Balaban J connectivity index is 2.42. The molecule has 0 spiro atoms. The predicted molar refractivity (Wildman–Crippen MR) is 135 cm³/mol. The molecule has 0 aliphatic rings. The van der Waals surface area contributed by atoms with Crippen LogP contribution in [0.2, 0.25) is 0 Å². The Bertz CT molecular complexity index is 1040. The molecule has 36 heavy (non-hydrogen) atoms. The van der Waals surface area contributed by atoms with E-state index < -0.39 is 29.0 Å². The van der Waals surface area contributed by atoms with Gasteiger partial charge in [0.1, 0.15) is 5.60 Å². The molecule has 0 saturated carbocycles.